The fourth-order valence-electron chi connectivity index (χ4n) is 3.18. The van der Waals surface area contributed by atoms with Crippen LogP contribution >= 0.6 is 23.5 Å². The molecule has 0 aliphatic carbocycles. The van der Waals surface area contributed by atoms with Gasteiger partial charge in [0, 0.05) is 23.0 Å². The van der Waals surface area contributed by atoms with Gasteiger partial charge in [-0.1, -0.05) is 60.7 Å². The van der Waals surface area contributed by atoms with E-state index in [1.54, 1.807) is 12.2 Å². The van der Waals surface area contributed by atoms with E-state index < -0.39 is 0 Å². The average Bonchev–Trinajstić information content (AvgIpc) is 2.98. The molecule has 3 nitrogen and oxygen atoms in total. The minimum atomic E-state index is 0.0611. The number of carbonyl (C=O) groups is 1. The third kappa shape index (κ3) is 5.29. The van der Waals surface area contributed by atoms with Crippen molar-refractivity contribution in [1.82, 2.24) is 5.06 Å². The first-order chi connectivity index (χ1) is 12.8. The molecule has 1 fully saturated rings. The first-order valence-electron chi connectivity index (χ1n) is 8.88. The lowest BCUT2D eigenvalue weighted by atomic mass is 10.1. The molecule has 0 spiro atoms. The van der Waals surface area contributed by atoms with Gasteiger partial charge in [-0.05, 0) is 17.5 Å². The highest BCUT2D eigenvalue weighted by molar-refractivity contribution is 7.98. The second-order valence-electron chi connectivity index (χ2n) is 6.43. The van der Waals surface area contributed by atoms with Gasteiger partial charge in [-0.2, -0.15) is 23.5 Å². The summed E-state index contributed by atoms with van der Waals surface area (Å²) in [6.45, 7) is 0. The maximum atomic E-state index is 12.6. The van der Waals surface area contributed by atoms with Crippen molar-refractivity contribution < 1.29 is 9.63 Å². The number of rotatable bonds is 9. The molecule has 2 atom stereocenters. The molecule has 0 N–H and O–H groups in total. The van der Waals surface area contributed by atoms with E-state index in [0.717, 1.165) is 29.4 Å². The lowest BCUT2D eigenvalue weighted by Crippen LogP contribution is -2.34. The zero-order valence-corrected chi connectivity index (χ0v) is 16.7. The van der Waals surface area contributed by atoms with Crippen LogP contribution in [0.4, 0.5) is 0 Å². The number of benzene rings is 2. The molecule has 26 heavy (non-hydrogen) atoms. The smallest absolute Gasteiger partial charge is 0.250 e. The summed E-state index contributed by atoms with van der Waals surface area (Å²) in [6.07, 6.45) is 0.885. The zero-order chi connectivity index (χ0) is 18.2. The highest BCUT2D eigenvalue weighted by Crippen LogP contribution is 2.31. The Morgan fingerprint density at radius 2 is 1.46 bits per heavy atom. The zero-order valence-electron chi connectivity index (χ0n) is 15.0. The van der Waals surface area contributed by atoms with Crippen molar-refractivity contribution in [3.05, 3.63) is 71.8 Å². The van der Waals surface area contributed by atoms with Gasteiger partial charge in [0.25, 0.3) is 0 Å². The highest BCUT2D eigenvalue weighted by Gasteiger charge is 2.39. The highest BCUT2D eigenvalue weighted by atomic mass is 32.2. The second kappa shape index (κ2) is 10.0. The van der Waals surface area contributed by atoms with Crippen LogP contribution in [0.5, 0.6) is 0 Å². The molecule has 1 aliphatic heterocycles. The van der Waals surface area contributed by atoms with Gasteiger partial charge in [-0.3, -0.25) is 9.63 Å². The molecule has 1 amide bonds. The lowest BCUT2D eigenvalue weighted by molar-refractivity contribution is -0.176. The number of hydroxylamine groups is 2. The van der Waals surface area contributed by atoms with E-state index >= 15 is 0 Å². The summed E-state index contributed by atoms with van der Waals surface area (Å²) >= 11 is 3.70. The van der Waals surface area contributed by atoms with Crippen molar-refractivity contribution in [3.63, 3.8) is 0 Å². The summed E-state index contributed by atoms with van der Waals surface area (Å²) in [6, 6.07) is 21.0. The van der Waals surface area contributed by atoms with Crippen LogP contribution in [0.15, 0.2) is 60.7 Å². The molecule has 2 aromatic rings. The summed E-state index contributed by atoms with van der Waals surface area (Å²) < 4.78 is 0. The van der Waals surface area contributed by atoms with Crippen LogP contribution in [0.25, 0.3) is 0 Å². The monoisotopic (exact) mass is 387 g/mol. The number of hydrogen-bond donors (Lipinski definition) is 0. The van der Waals surface area contributed by atoms with Crippen molar-refractivity contribution in [2.24, 2.45) is 5.92 Å². The summed E-state index contributed by atoms with van der Waals surface area (Å²) in [5.74, 6) is 3.88. The van der Waals surface area contributed by atoms with Crippen LogP contribution in [0.3, 0.4) is 0 Å². The fourth-order valence-corrected chi connectivity index (χ4v) is 5.38. The maximum absolute atomic E-state index is 12.6. The van der Waals surface area contributed by atoms with Crippen molar-refractivity contribution in [2.75, 3.05) is 18.6 Å². The molecule has 1 saturated heterocycles. The van der Waals surface area contributed by atoms with Crippen molar-refractivity contribution in [1.29, 1.82) is 0 Å². The second-order valence-corrected chi connectivity index (χ2v) is 8.50. The van der Waals surface area contributed by atoms with Gasteiger partial charge in [0.2, 0.25) is 5.91 Å². The van der Waals surface area contributed by atoms with Gasteiger partial charge in [0.05, 0.1) is 19.1 Å². The molecule has 0 radical (unpaired) electrons. The first-order valence-corrected chi connectivity index (χ1v) is 11.2. The molecule has 138 valence electrons. The molecular weight excluding hydrogens is 362 g/mol. The standard InChI is InChI=1S/C21H25NO2S2/c1-24-22-20(16-26-14-18-10-6-3-7-11-18)12-19(21(22)23)15-25-13-17-8-4-2-5-9-17/h2-11,19-20H,12-16H2,1H3/t19-,20-/m1/s1. The average molecular weight is 388 g/mol. The van der Waals surface area contributed by atoms with E-state index in [1.807, 2.05) is 35.7 Å². The third-order valence-electron chi connectivity index (χ3n) is 4.50. The first kappa shape index (κ1) is 19.3. The van der Waals surface area contributed by atoms with E-state index in [1.165, 1.54) is 11.1 Å². The molecule has 2 aromatic carbocycles. The number of hydrogen-bond acceptors (Lipinski definition) is 4. The van der Waals surface area contributed by atoms with Gasteiger partial charge in [0.15, 0.2) is 0 Å². The summed E-state index contributed by atoms with van der Waals surface area (Å²) in [7, 11) is 1.60. The molecule has 1 heterocycles. The fraction of sp³-hybridized carbons (Fsp3) is 0.381. The summed E-state index contributed by atoms with van der Waals surface area (Å²) in [4.78, 5) is 18.0. The number of nitrogens with zero attached hydrogens (tertiary/aromatic N) is 1. The van der Waals surface area contributed by atoms with E-state index in [9.17, 15) is 4.79 Å². The van der Waals surface area contributed by atoms with E-state index in [2.05, 4.69) is 48.5 Å². The minimum Gasteiger partial charge on any atom is -0.274 e. The van der Waals surface area contributed by atoms with E-state index in [-0.39, 0.29) is 17.9 Å². The van der Waals surface area contributed by atoms with Gasteiger partial charge in [-0.25, -0.2) is 5.06 Å². The van der Waals surface area contributed by atoms with Crippen LogP contribution in [-0.4, -0.2) is 35.6 Å². The van der Waals surface area contributed by atoms with Crippen LogP contribution < -0.4 is 0 Å². The van der Waals surface area contributed by atoms with Crippen molar-refractivity contribution in [2.45, 2.75) is 24.0 Å². The van der Waals surface area contributed by atoms with Crippen LogP contribution in [0, 0.1) is 5.92 Å². The summed E-state index contributed by atoms with van der Waals surface area (Å²) in [5.41, 5.74) is 2.63. The lowest BCUT2D eigenvalue weighted by Gasteiger charge is -2.21. The maximum Gasteiger partial charge on any atom is 0.250 e. The SMILES string of the molecule is CON1C(=O)[C@@H](CSCc2ccccc2)C[C@@H]1CSCc1ccccc1. The van der Waals surface area contributed by atoms with Gasteiger partial charge >= 0.3 is 0 Å². The van der Waals surface area contributed by atoms with E-state index in [0.29, 0.717) is 0 Å². The molecule has 5 heteroatoms. The Kier molecular flexibility index (Phi) is 7.47. The third-order valence-corrected chi connectivity index (χ3v) is 6.84. The molecule has 0 saturated carbocycles. The molecule has 1 aliphatic rings. The molecule has 0 aromatic heterocycles. The summed E-state index contributed by atoms with van der Waals surface area (Å²) in [5, 5.41) is 1.60. The Balaban J connectivity index is 1.46. The van der Waals surface area contributed by atoms with E-state index in [4.69, 9.17) is 4.84 Å². The Hall–Kier alpha value is -1.43. The largest absolute Gasteiger partial charge is 0.274 e. The Labute approximate surface area is 164 Å². The number of carbonyl (C=O) groups excluding carboxylic acids is 1. The van der Waals surface area contributed by atoms with Crippen LogP contribution in [-0.2, 0) is 21.1 Å². The Bertz CT molecular complexity index is 681. The molecule has 0 unspecified atom stereocenters. The Morgan fingerprint density at radius 1 is 0.923 bits per heavy atom. The van der Waals surface area contributed by atoms with Gasteiger partial charge in [-0.15, -0.1) is 0 Å². The molecule has 3 rings (SSSR count). The van der Waals surface area contributed by atoms with Crippen molar-refractivity contribution >= 4 is 29.4 Å². The van der Waals surface area contributed by atoms with Crippen LogP contribution in [0.2, 0.25) is 0 Å². The van der Waals surface area contributed by atoms with Gasteiger partial charge in [0.1, 0.15) is 0 Å². The van der Waals surface area contributed by atoms with Gasteiger partial charge < -0.3 is 0 Å². The number of amides is 1. The number of thioether (sulfide) groups is 2. The molecule has 0 bridgehead atoms. The topological polar surface area (TPSA) is 29.5 Å². The quantitative estimate of drug-likeness (QED) is 0.627. The predicted molar refractivity (Wildman–Crippen MR) is 111 cm³/mol. The van der Waals surface area contributed by atoms with Crippen LogP contribution in [0.1, 0.15) is 17.5 Å². The normalized spacial score (nSPS) is 19.9. The minimum absolute atomic E-state index is 0.0611. The predicted octanol–water partition coefficient (Wildman–Crippen LogP) is 4.63. The Morgan fingerprint density at radius 3 is 2.00 bits per heavy atom. The molecular formula is C21H25NO2S2. The van der Waals surface area contributed by atoms with Crippen molar-refractivity contribution in [3.8, 4) is 0 Å².